The second-order valence-corrected chi connectivity index (χ2v) is 6.60. The molecule has 7 nitrogen and oxygen atoms in total. The minimum absolute atomic E-state index is 0.113. The van der Waals surface area contributed by atoms with Crippen LogP contribution in [0.15, 0.2) is 51.9 Å². The molecule has 0 aliphatic carbocycles. The van der Waals surface area contributed by atoms with Crippen LogP contribution in [0.4, 0.5) is 5.13 Å². The Morgan fingerprint density at radius 1 is 1.25 bits per heavy atom. The van der Waals surface area contributed by atoms with Crippen LogP contribution < -0.4 is 10.9 Å². The van der Waals surface area contributed by atoms with E-state index in [0.29, 0.717) is 22.4 Å². The van der Waals surface area contributed by atoms with Gasteiger partial charge in [-0.05, 0) is 5.56 Å². The van der Waals surface area contributed by atoms with Crippen molar-refractivity contribution in [3.63, 3.8) is 0 Å². The summed E-state index contributed by atoms with van der Waals surface area (Å²) in [5.74, 6) is -0.103. The second kappa shape index (κ2) is 7.84. The highest BCUT2D eigenvalue weighted by Crippen LogP contribution is 2.14. The molecule has 1 amide bonds. The van der Waals surface area contributed by atoms with Crippen LogP contribution in [0.3, 0.4) is 0 Å². The van der Waals surface area contributed by atoms with Crippen molar-refractivity contribution in [1.29, 1.82) is 0 Å². The van der Waals surface area contributed by atoms with Gasteiger partial charge in [0.2, 0.25) is 5.91 Å². The summed E-state index contributed by atoms with van der Waals surface area (Å²) in [6.45, 7) is 0. The number of thiazole rings is 1. The topological polar surface area (TPSA) is 101 Å². The predicted octanol–water partition coefficient (Wildman–Crippen LogP) is 1.94. The minimum atomic E-state index is -0.295. The van der Waals surface area contributed by atoms with E-state index in [0.717, 1.165) is 17.3 Å². The van der Waals surface area contributed by atoms with Crippen LogP contribution in [0.1, 0.15) is 11.3 Å². The number of H-pyrrole nitrogens is 1. The molecule has 24 heavy (non-hydrogen) atoms. The van der Waals surface area contributed by atoms with E-state index < -0.39 is 0 Å². The number of nitrogens with zero attached hydrogens (tertiary/aromatic N) is 3. The number of nitrogens with one attached hydrogen (secondary N) is 2. The number of hydrogen-bond donors (Lipinski definition) is 2. The molecular formula is C15H13N5O2S2. The minimum Gasteiger partial charge on any atom is -0.301 e. The molecule has 0 radical (unpaired) electrons. The maximum absolute atomic E-state index is 12.1. The molecule has 2 heterocycles. The van der Waals surface area contributed by atoms with Crippen LogP contribution >= 0.6 is 23.1 Å². The van der Waals surface area contributed by atoms with Crippen LogP contribution in [0.5, 0.6) is 0 Å². The van der Waals surface area contributed by atoms with Crippen LogP contribution in [0, 0.1) is 0 Å². The summed E-state index contributed by atoms with van der Waals surface area (Å²) < 4.78 is 0. The van der Waals surface area contributed by atoms with Crippen molar-refractivity contribution >= 4 is 34.1 Å². The number of carbonyl (C=O) groups excluding carboxylic acids is 1. The molecule has 0 spiro atoms. The monoisotopic (exact) mass is 359 g/mol. The van der Waals surface area contributed by atoms with Gasteiger partial charge < -0.3 is 5.32 Å². The van der Waals surface area contributed by atoms with E-state index in [1.807, 2.05) is 30.3 Å². The van der Waals surface area contributed by atoms with Gasteiger partial charge in [0.15, 0.2) is 10.3 Å². The summed E-state index contributed by atoms with van der Waals surface area (Å²) in [6.07, 6.45) is 2.03. The number of amides is 1. The Hall–Kier alpha value is -2.52. The van der Waals surface area contributed by atoms with E-state index in [2.05, 4.69) is 25.5 Å². The van der Waals surface area contributed by atoms with Crippen molar-refractivity contribution in [2.45, 2.75) is 11.6 Å². The van der Waals surface area contributed by atoms with E-state index >= 15 is 0 Å². The first-order valence-electron chi connectivity index (χ1n) is 7.02. The number of hydrogen-bond acceptors (Lipinski definition) is 7. The fourth-order valence-corrected chi connectivity index (χ4v) is 3.04. The Balaban J connectivity index is 1.58. The molecule has 0 aliphatic heterocycles. The van der Waals surface area contributed by atoms with E-state index in [4.69, 9.17) is 0 Å². The number of carbonyl (C=O) groups is 1. The van der Waals surface area contributed by atoms with E-state index in [1.54, 1.807) is 11.6 Å². The van der Waals surface area contributed by atoms with Crippen LogP contribution in [0.25, 0.3) is 0 Å². The van der Waals surface area contributed by atoms with Gasteiger partial charge in [-0.1, -0.05) is 42.1 Å². The first kappa shape index (κ1) is 16.3. The van der Waals surface area contributed by atoms with Gasteiger partial charge in [0.05, 0.1) is 5.75 Å². The van der Waals surface area contributed by atoms with Crippen molar-refractivity contribution in [2.24, 2.45) is 0 Å². The number of rotatable bonds is 6. The summed E-state index contributed by atoms with van der Waals surface area (Å²) in [4.78, 5) is 30.5. The molecule has 0 unspecified atom stereocenters. The SMILES string of the molecule is O=C(CSc1nnc(Cc2ccccc2)c(=O)[nH]1)Nc1nccs1. The molecule has 2 aromatic heterocycles. The first-order valence-corrected chi connectivity index (χ1v) is 8.89. The smallest absolute Gasteiger partial charge is 0.273 e. The summed E-state index contributed by atoms with van der Waals surface area (Å²) in [5.41, 5.74) is 1.04. The third kappa shape index (κ3) is 4.49. The summed E-state index contributed by atoms with van der Waals surface area (Å²) in [7, 11) is 0. The zero-order valence-electron chi connectivity index (χ0n) is 12.4. The van der Waals surface area contributed by atoms with E-state index in [1.165, 1.54) is 11.3 Å². The third-order valence-corrected chi connectivity index (χ3v) is 4.53. The predicted molar refractivity (Wildman–Crippen MR) is 93.4 cm³/mol. The van der Waals surface area contributed by atoms with Gasteiger partial charge in [-0.3, -0.25) is 14.6 Å². The van der Waals surface area contributed by atoms with Crippen LogP contribution in [-0.4, -0.2) is 31.8 Å². The van der Waals surface area contributed by atoms with Crippen LogP contribution in [0.2, 0.25) is 0 Å². The largest absolute Gasteiger partial charge is 0.301 e. The molecule has 0 saturated carbocycles. The Morgan fingerprint density at radius 2 is 2.08 bits per heavy atom. The Bertz CT molecular complexity index is 865. The maximum Gasteiger partial charge on any atom is 0.273 e. The van der Waals surface area contributed by atoms with Crippen molar-refractivity contribution in [1.82, 2.24) is 20.2 Å². The lowest BCUT2D eigenvalue weighted by Gasteiger charge is -2.03. The fraction of sp³-hybridized carbons (Fsp3) is 0.133. The fourth-order valence-electron chi connectivity index (χ4n) is 1.89. The Morgan fingerprint density at radius 3 is 2.79 bits per heavy atom. The zero-order chi connectivity index (χ0) is 16.8. The summed E-state index contributed by atoms with van der Waals surface area (Å²) in [5, 5.41) is 13.2. The number of aromatic nitrogens is 4. The highest BCUT2D eigenvalue weighted by Gasteiger charge is 2.09. The molecule has 0 saturated heterocycles. The van der Waals surface area contributed by atoms with Gasteiger partial charge in [0.1, 0.15) is 5.69 Å². The molecule has 122 valence electrons. The summed E-state index contributed by atoms with van der Waals surface area (Å²) >= 11 is 2.46. The molecule has 0 fully saturated rings. The Labute approximate surface area is 145 Å². The average molecular weight is 359 g/mol. The van der Waals surface area contributed by atoms with Gasteiger partial charge in [0, 0.05) is 18.0 Å². The van der Waals surface area contributed by atoms with Gasteiger partial charge in [-0.15, -0.1) is 21.5 Å². The van der Waals surface area contributed by atoms with Gasteiger partial charge in [0.25, 0.3) is 5.56 Å². The van der Waals surface area contributed by atoms with Crippen molar-refractivity contribution in [2.75, 3.05) is 11.1 Å². The number of thioether (sulfide) groups is 1. The molecule has 9 heteroatoms. The normalized spacial score (nSPS) is 10.5. The highest BCUT2D eigenvalue weighted by molar-refractivity contribution is 7.99. The van der Waals surface area contributed by atoms with E-state index in [9.17, 15) is 9.59 Å². The van der Waals surface area contributed by atoms with Crippen molar-refractivity contribution in [3.05, 3.63) is 63.5 Å². The lowest BCUT2D eigenvalue weighted by atomic mass is 10.1. The summed E-state index contributed by atoms with van der Waals surface area (Å²) in [6, 6.07) is 9.57. The van der Waals surface area contributed by atoms with Crippen molar-refractivity contribution < 1.29 is 4.79 Å². The van der Waals surface area contributed by atoms with Gasteiger partial charge in [-0.25, -0.2) is 4.98 Å². The van der Waals surface area contributed by atoms with Gasteiger partial charge in [-0.2, -0.15) is 0 Å². The molecule has 2 N–H and O–H groups in total. The molecular weight excluding hydrogens is 346 g/mol. The molecule has 1 aromatic carbocycles. The molecule has 0 atom stereocenters. The molecule has 0 bridgehead atoms. The van der Waals surface area contributed by atoms with Gasteiger partial charge >= 0.3 is 0 Å². The molecule has 3 aromatic rings. The molecule has 3 rings (SSSR count). The number of anilines is 1. The van der Waals surface area contributed by atoms with Crippen molar-refractivity contribution in [3.8, 4) is 0 Å². The lowest BCUT2D eigenvalue weighted by molar-refractivity contribution is -0.113. The second-order valence-electron chi connectivity index (χ2n) is 4.74. The average Bonchev–Trinajstić information content (AvgIpc) is 3.09. The maximum atomic E-state index is 12.1. The van der Waals surface area contributed by atoms with Crippen LogP contribution in [-0.2, 0) is 11.2 Å². The lowest BCUT2D eigenvalue weighted by Crippen LogP contribution is -2.19. The zero-order valence-corrected chi connectivity index (χ0v) is 14.1. The standard InChI is InChI=1S/C15H13N5O2S2/c21-12(17-14-16-6-7-23-14)9-24-15-18-13(22)11(19-20-15)8-10-4-2-1-3-5-10/h1-7H,8-9H2,(H,16,17,21)(H,18,20,22). The highest BCUT2D eigenvalue weighted by atomic mass is 32.2. The Kier molecular flexibility index (Phi) is 5.34. The third-order valence-electron chi connectivity index (χ3n) is 2.98. The quantitative estimate of drug-likeness (QED) is 0.653. The first-order chi connectivity index (χ1) is 11.7. The van der Waals surface area contributed by atoms with E-state index in [-0.39, 0.29) is 17.2 Å². The number of benzene rings is 1. The number of aromatic amines is 1. The molecule has 0 aliphatic rings.